The van der Waals surface area contributed by atoms with Crippen LogP contribution in [0, 0.1) is 5.41 Å². The molecule has 0 aromatic carbocycles. The van der Waals surface area contributed by atoms with Crippen LogP contribution in [0.1, 0.15) is 39.9 Å². The van der Waals surface area contributed by atoms with Crippen LogP contribution in [-0.4, -0.2) is 28.3 Å². The Bertz CT molecular complexity index is 907. The van der Waals surface area contributed by atoms with E-state index >= 15 is 0 Å². The van der Waals surface area contributed by atoms with Gasteiger partial charge < -0.3 is 19.8 Å². The highest BCUT2D eigenvalue weighted by Crippen LogP contribution is 2.23. The number of rotatable bonds is 7. The Kier molecular flexibility index (Phi) is 6.08. The zero-order valence-corrected chi connectivity index (χ0v) is 16.6. The lowest BCUT2D eigenvalue weighted by Gasteiger charge is -2.20. The fourth-order valence-electron chi connectivity index (χ4n) is 2.86. The summed E-state index contributed by atoms with van der Waals surface area (Å²) in [5.74, 6) is 1.79. The van der Waals surface area contributed by atoms with Gasteiger partial charge in [0.05, 0.1) is 23.2 Å². The molecule has 142 valence electrons. The molecule has 2 rings (SSSR count). The van der Waals surface area contributed by atoms with Crippen LogP contribution >= 0.6 is 0 Å². The first kappa shape index (κ1) is 20.0. The Morgan fingerprint density at radius 3 is 2.54 bits per heavy atom. The maximum Gasteiger partial charge on any atom is 0.152 e. The number of aryl methyl sites for hydroxylation is 1. The molecule has 2 N–H and O–H groups in total. The van der Waals surface area contributed by atoms with Gasteiger partial charge >= 0.3 is 0 Å². The molecule has 0 atom stereocenters. The molecular formula is C20H30N4O2. The molecule has 0 saturated carbocycles. The van der Waals surface area contributed by atoms with E-state index in [0.29, 0.717) is 35.7 Å². The minimum Gasteiger partial charge on any atom is -0.496 e. The largest absolute Gasteiger partial charge is 0.496 e. The summed E-state index contributed by atoms with van der Waals surface area (Å²) < 4.78 is 13.3. The van der Waals surface area contributed by atoms with E-state index in [1.165, 1.54) is 0 Å². The summed E-state index contributed by atoms with van der Waals surface area (Å²) in [6, 6.07) is 0. The lowest BCUT2D eigenvalue weighted by molar-refractivity contribution is 0.125. The Hall–Kier alpha value is -2.34. The van der Waals surface area contributed by atoms with Crippen molar-refractivity contribution in [2.45, 2.75) is 47.3 Å². The first-order chi connectivity index (χ1) is 12.2. The van der Waals surface area contributed by atoms with Gasteiger partial charge in [0.25, 0.3) is 0 Å². The maximum absolute atomic E-state index is 6.16. The molecule has 0 saturated heterocycles. The molecule has 0 amide bonds. The number of anilines is 1. The van der Waals surface area contributed by atoms with Crippen molar-refractivity contribution < 1.29 is 9.47 Å². The quantitative estimate of drug-likeness (QED) is 0.822. The monoisotopic (exact) mass is 358 g/mol. The molecule has 0 unspecified atom stereocenters. The van der Waals surface area contributed by atoms with Crippen LogP contribution in [0.2, 0.25) is 0 Å². The molecule has 6 heteroatoms. The Balaban J connectivity index is 2.88. The number of pyridine rings is 1. The van der Waals surface area contributed by atoms with Gasteiger partial charge in [-0.25, -0.2) is 9.97 Å². The minimum absolute atomic E-state index is 0.178. The van der Waals surface area contributed by atoms with Gasteiger partial charge in [0.2, 0.25) is 0 Å². The van der Waals surface area contributed by atoms with Crippen LogP contribution in [0.3, 0.4) is 0 Å². The maximum atomic E-state index is 6.16. The highest BCUT2D eigenvalue weighted by Gasteiger charge is 2.19. The number of nitrogen functional groups attached to an aromatic ring is 1. The van der Waals surface area contributed by atoms with E-state index in [1.54, 1.807) is 13.2 Å². The molecule has 0 radical (unpaired) electrons. The van der Waals surface area contributed by atoms with E-state index in [-0.39, 0.29) is 5.41 Å². The van der Waals surface area contributed by atoms with Crippen molar-refractivity contribution in [2.24, 2.45) is 5.41 Å². The van der Waals surface area contributed by atoms with Crippen molar-refractivity contribution >= 4 is 29.2 Å². The number of imidazole rings is 1. The van der Waals surface area contributed by atoms with Crippen LogP contribution in [0.4, 0.5) is 5.82 Å². The Morgan fingerprint density at radius 2 is 2.00 bits per heavy atom. The molecule has 6 nitrogen and oxygen atoms in total. The van der Waals surface area contributed by atoms with E-state index in [1.807, 2.05) is 6.92 Å². The summed E-state index contributed by atoms with van der Waals surface area (Å²) in [4.78, 5) is 9.09. The number of nitrogens with zero attached hydrogens (tertiary/aromatic N) is 3. The third-order valence-corrected chi connectivity index (χ3v) is 4.24. The predicted molar refractivity (Wildman–Crippen MR) is 107 cm³/mol. The molecular weight excluding hydrogens is 328 g/mol. The summed E-state index contributed by atoms with van der Waals surface area (Å²) in [5.41, 5.74) is 7.86. The third kappa shape index (κ3) is 4.07. The van der Waals surface area contributed by atoms with Gasteiger partial charge in [-0.3, -0.25) is 0 Å². The zero-order valence-electron chi connectivity index (χ0n) is 16.6. The fourth-order valence-corrected chi connectivity index (χ4v) is 2.86. The predicted octanol–water partition coefficient (Wildman–Crippen LogP) is 2.34. The zero-order chi connectivity index (χ0) is 19.5. The SMILES string of the molecule is C=C/C(OC)=c1\c(=C)nc(N)c2nc(COCC)n(CCC(C)(C)C)c12. The highest BCUT2D eigenvalue weighted by atomic mass is 16.5. The average Bonchev–Trinajstić information content (AvgIpc) is 2.93. The number of nitrogens with two attached hydrogens (primary N) is 1. The molecule has 0 fully saturated rings. The van der Waals surface area contributed by atoms with E-state index < -0.39 is 0 Å². The molecule has 2 aromatic heterocycles. The summed E-state index contributed by atoms with van der Waals surface area (Å²) in [6.07, 6.45) is 2.63. The van der Waals surface area contributed by atoms with Crippen molar-refractivity contribution in [3.05, 3.63) is 29.0 Å². The van der Waals surface area contributed by atoms with Crippen LogP contribution < -0.4 is 16.3 Å². The van der Waals surface area contributed by atoms with Crippen molar-refractivity contribution in [1.29, 1.82) is 0 Å². The van der Waals surface area contributed by atoms with Crippen LogP contribution in [0.15, 0.2) is 12.7 Å². The number of methoxy groups -OCH3 is 1. The van der Waals surface area contributed by atoms with Crippen molar-refractivity contribution in [1.82, 2.24) is 14.5 Å². The average molecular weight is 358 g/mol. The lowest BCUT2D eigenvalue weighted by Crippen LogP contribution is -2.32. The van der Waals surface area contributed by atoms with Gasteiger partial charge in [-0.15, -0.1) is 0 Å². The van der Waals surface area contributed by atoms with Crippen molar-refractivity contribution in [3.63, 3.8) is 0 Å². The van der Waals surface area contributed by atoms with Gasteiger partial charge in [-0.1, -0.05) is 33.9 Å². The molecule has 0 aliphatic rings. The molecule has 0 spiro atoms. The van der Waals surface area contributed by atoms with E-state index in [9.17, 15) is 0 Å². The first-order valence-electron chi connectivity index (χ1n) is 8.85. The van der Waals surface area contributed by atoms with E-state index in [4.69, 9.17) is 20.2 Å². The van der Waals surface area contributed by atoms with Gasteiger partial charge in [-0.2, -0.15) is 0 Å². The van der Waals surface area contributed by atoms with Gasteiger partial charge in [0, 0.05) is 13.2 Å². The van der Waals surface area contributed by atoms with Gasteiger partial charge in [-0.05, 0) is 24.8 Å². The minimum atomic E-state index is 0.178. The molecule has 0 aliphatic carbocycles. The number of aromatic nitrogens is 3. The number of fused-ring (bicyclic) bond motifs is 1. The molecule has 2 heterocycles. The molecule has 26 heavy (non-hydrogen) atoms. The van der Waals surface area contributed by atoms with Crippen molar-refractivity contribution in [3.8, 4) is 0 Å². The van der Waals surface area contributed by atoms with Crippen LogP contribution in [0.25, 0.3) is 23.4 Å². The molecule has 0 bridgehead atoms. The first-order valence-corrected chi connectivity index (χ1v) is 8.85. The second-order valence-electron chi connectivity index (χ2n) is 7.42. The number of hydrogen-bond acceptors (Lipinski definition) is 5. The molecule has 2 aromatic rings. The second kappa shape index (κ2) is 7.91. The third-order valence-electron chi connectivity index (χ3n) is 4.24. The van der Waals surface area contributed by atoms with Crippen LogP contribution in [0.5, 0.6) is 0 Å². The topological polar surface area (TPSA) is 75.2 Å². The second-order valence-corrected chi connectivity index (χ2v) is 7.42. The van der Waals surface area contributed by atoms with E-state index in [2.05, 4.69) is 43.5 Å². The smallest absolute Gasteiger partial charge is 0.152 e. The standard InChI is InChI=1S/C20H30N4O2/c1-8-14(25-7)16-13(3)22-19(21)17-18(16)24(11-10-20(4,5)6)15(23-17)12-26-9-2/h8H,1,3,9-12H2,2,4-7H3,(H2,21,22)/b16-14-. The van der Waals surface area contributed by atoms with Crippen molar-refractivity contribution in [2.75, 3.05) is 19.5 Å². The summed E-state index contributed by atoms with van der Waals surface area (Å²) in [5, 5.41) is 1.32. The van der Waals surface area contributed by atoms with Gasteiger partial charge in [0.1, 0.15) is 23.7 Å². The number of ether oxygens (including phenoxy) is 2. The fraction of sp³-hybridized carbons (Fsp3) is 0.500. The van der Waals surface area contributed by atoms with Gasteiger partial charge in [0.15, 0.2) is 5.82 Å². The summed E-state index contributed by atoms with van der Waals surface area (Å²) in [7, 11) is 1.61. The lowest BCUT2D eigenvalue weighted by atomic mass is 9.92. The normalized spacial score (nSPS) is 13.1. The van der Waals surface area contributed by atoms with Crippen LogP contribution in [-0.2, 0) is 22.6 Å². The Labute approximate surface area is 155 Å². The summed E-state index contributed by atoms with van der Waals surface area (Å²) in [6.45, 7) is 18.3. The highest BCUT2D eigenvalue weighted by molar-refractivity contribution is 5.87. The van der Waals surface area contributed by atoms with E-state index in [0.717, 1.165) is 29.5 Å². The molecule has 0 aliphatic heterocycles. The number of hydrogen-bond donors (Lipinski definition) is 1. The Morgan fingerprint density at radius 1 is 1.31 bits per heavy atom. The summed E-state index contributed by atoms with van der Waals surface area (Å²) >= 11 is 0.